The Labute approximate surface area is 141 Å². The van der Waals surface area contributed by atoms with Gasteiger partial charge in [-0.1, -0.05) is 12.1 Å². The van der Waals surface area contributed by atoms with Crippen molar-refractivity contribution >= 4 is 23.3 Å². The van der Waals surface area contributed by atoms with Crippen LogP contribution in [0.1, 0.15) is 18.9 Å². The number of hydrogen-bond donors (Lipinski definition) is 1. The van der Waals surface area contributed by atoms with Crippen LogP contribution in [-0.2, 0) is 15.8 Å². The standard InChI is InChI=1S/C17H14F3N3O2/c1-16(10-14(24)22-13-7-2-3-8-23(13)16)15(25)21-12-6-4-5-11(9-12)17(18,19)20/h2-9H,10H2,1H3,(H,21,25). The number of nitrogens with zero attached hydrogens (tertiary/aromatic N) is 2. The molecule has 0 fully saturated rings. The minimum Gasteiger partial charge on any atom is -0.324 e. The summed E-state index contributed by atoms with van der Waals surface area (Å²) in [4.78, 5) is 30.0. The number of carbonyl (C=O) groups is 2. The van der Waals surface area contributed by atoms with Crippen molar-refractivity contribution in [1.82, 2.24) is 4.90 Å². The van der Waals surface area contributed by atoms with E-state index in [9.17, 15) is 22.8 Å². The summed E-state index contributed by atoms with van der Waals surface area (Å²) in [7, 11) is 0. The van der Waals surface area contributed by atoms with Gasteiger partial charge in [0.1, 0.15) is 11.4 Å². The topological polar surface area (TPSA) is 61.8 Å². The highest BCUT2D eigenvalue weighted by atomic mass is 19.4. The van der Waals surface area contributed by atoms with Crippen LogP contribution in [0.15, 0.2) is 53.7 Å². The number of amides is 2. The van der Waals surface area contributed by atoms with Crippen LogP contribution >= 0.6 is 0 Å². The Balaban J connectivity index is 1.88. The number of hydrogen-bond acceptors (Lipinski definition) is 3. The Morgan fingerprint density at radius 3 is 2.80 bits per heavy atom. The van der Waals surface area contributed by atoms with Gasteiger partial charge >= 0.3 is 6.18 Å². The van der Waals surface area contributed by atoms with Crippen molar-refractivity contribution in [3.63, 3.8) is 0 Å². The average molecular weight is 349 g/mol. The number of anilines is 1. The van der Waals surface area contributed by atoms with Crippen LogP contribution in [0.5, 0.6) is 0 Å². The maximum Gasteiger partial charge on any atom is 0.416 e. The fourth-order valence-corrected chi connectivity index (χ4v) is 2.72. The first kappa shape index (κ1) is 16.9. The van der Waals surface area contributed by atoms with E-state index in [4.69, 9.17) is 0 Å². The number of alkyl halides is 3. The van der Waals surface area contributed by atoms with Gasteiger partial charge in [0, 0.05) is 11.9 Å². The minimum absolute atomic E-state index is 0.00842. The molecule has 0 saturated heterocycles. The molecule has 2 heterocycles. The van der Waals surface area contributed by atoms with Gasteiger partial charge in [0.15, 0.2) is 0 Å². The summed E-state index contributed by atoms with van der Waals surface area (Å²) in [5.41, 5.74) is -2.14. The fourth-order valence-electron chi connectivity index (χ4n) is 2.72. The van der Waals surface area contributed by atoms with Gasteiger partial charge in [-0.3, -0.25) is 9.59 Å². The van der Waals surface area contributed by atoms with Crippen molar-refractivity contribution in [3.05, 3.63) is 54.3 Å². The molecule has 0 aliphatic carbocycles. The summed E-state index contributed by atoms with van der Waals surface area (Å²) >= 11 is 0. The third kappa shape index (κ3) is 3.19. The van der Waals surface area contributed by atoms with Crippen molar-refractivity contribution in [3.8, 4) is 0 Å². The van der Waals surface area contributed by atoms with Crippen LogP contribution in [0.4, 0.5) is 18.9 Å². The van der Waals surface area contributed by atoms with Gasteiger partial charge in [-0.15, -0.1) is 0 Å². The van der Waals surface area contributed by atoms with Crippen molar-refractivity contribution in [2.75, 3.05) is 5.32 Å². The number of benzene rings is 1. The Kier molecular flexibility index (Phi) is 3.98. The number of nitrogens with one attached hydrogen (secondary N) is 1. The van der Waals surface area contributed by atoms with Crippen LogP contribution < -0.4 is 5.32 Å². The molecule has 1 aromatic rings. The van der Waals surface area contributed by atoms with E-state index in [-0.39, 0.29) is 12.1 Å². The zero-order valence-electron chi connectivity index (χ0n) is 13.2. The molecule has 2 aliphatic heterocycles. The molecular formula is C17H14F3N3O2. The summed E-state index contributed by atoms with van der Waals surface area (Å²) in [6.07, 6.45) is 1.87. The molecule has 2 amide bonds. The lowest BCUT2D eigenvalue weighted by atomic mass is 9.91. The van der Waals surface area contributed by atoms with Gasteiger partial charge in [-0.2, -0.15) is 18.2 Å². The van der Waals surface area contributed by atoms with Crippen LogP contribution in [0.2, 0.25) is 0 Å². The maximum atomic E-state index is 12.8. The quantitative estimate of drug-likeness (QED) is 0.892. The number of amidine groups is 1. The predicted molar refractivity (Wildman–Crippen MR) is 85.7 cm³/mol. The number of rotatable bonds is 2. The molecular weight excluding hydrogens is 335 g/mol. The Bertz CT molecular complexity index is 827. The molecule has 130 valence electrons. The highest BCUT2D eigenvalue weighted by Gasteiger charge is 2.45. The van der Waals surface area contributed by atoms with Crippen molar-refractivity contribution in [2.45, 2.75) is 25.1 Å². The molecule has 0 bridgehead atoms. The van der Waals surface area contributed by atoms with Gasteiger partial charge in [-0.05, 0) is 37.3 Å². The third-order valence-corrected chi connectivity index (χ3v) is 4.04. The first-order valence-electron chi connectivity index (χ1n) is 7.44. The van der Waals surface area contributed by atoms with Crippen molar-refractivity contribution in [1.29, 1.82) is 0 Å². The van der Waals surface area contributed by atoms with E-state index in [1.807, 2.05) is 0 Å². The Morgan fingerprint density at radius 1 is 1.32 bits per heavy atom. The lowest BCUT2D eigenvalue weighted by molar-refractivity contribution is -0.137. The fraction of sp³-hybridized carbons (Fsp3) is 0.235. The van der Waals surface area contributed by atoms with E-state index in [2.05, 4.69) is 10.3 Å². The van der Waals surface area contributed by atoms with E-state index in [1.165, 1.54) is 17.0 Å². The number of halogens is 3. The molecule has 0 spiro atoms. The summed E-state index contributed by atoms with van der Waals surface area (Å²) < 4.78 is 38.4. The minimum atomic E-state index is -4.51. The number of allylic oxidation sites excluding steroid dienone is 2. The van der Waals surface area contributed by atoms with Crippen LogP contribution in [0, 0.1) is 0 Å². The molecule has 8 heteroatoms. The molecule has 0 aromatic heterocycles. The summed E-state index contributed by atoms with van der Waals surface area (Å²) in [6, 6.07) is 4.35. The molecule has 1 aromatic carbocycles. The lowest BCUT2D eigenvalue weighted by Gasteiger charge is -2.41. The normalized spacial score (nSPS) is 22.5. The van der Waals surface area contributed by atoms with E-state index in [0.29, 0.717) is 5.84 Å². The second kappa shape index (κ2) is 5.87. The Hall–Kier alpha value is -2.90. The molecule has 3 rings (SSSR count). The number of fused-ring (bicyclic) bond motifs is 1. The summed E-state index contributed by atoms with van der Waals surface area (Å²) in [5, 5.41) is 2.47. The molecule has 25 heavy (non-hydrogen) atoms. The van der Waals surface area contributed by atoms with Gasteiger partial charge in [0.2, 0.25) is 0 Å². The second-order valence-corrected chi connectivity index (χ2v) is 5.92. The number of carbonyl (C=O) groups excluding carboxylic acids is 2. The smallest absolute Gasteiger partial charge is 0.324 e. The monoisotopic (exact) mass is 349 g/mol. The highest BCUT2D eigenvalue weighted by Crippen LogP contribution is 2.32. The second-order valence-electron chi connectivity index (χ2n) is 5.92. The summed E-state index contributed by atoms with van der Waals surface area (Å²) in [5.74, 6) is -0.735. The van der Waals surface area contributed by atoms with E-state index in [0.717, 1.165) is 12.1 Å². The lowest BCUT2D eigenvalue weighted by Crippen LogP contribution is -2.58. The molecule has 1 unspecified atom stereocenters. The molecule has 1 N–H and O–H groups in total. The molecule has 5 nitrogen and oxygen atoms in total. The molecule has 0 saturated carbocycles. The van der Waals surface area contributed by atoms with Gasteiger partial charge in [0.25, 0.3) is 11.8 Å². The molecule has 2 aliphatic rings. The van der Waals surface area contributed by atoms with Crippen LogP contribution in [0.3, 0.4) is 0 Å². The van der Waals surface area contributed by atoms with Crippen molar-refractivity contribution < 1.29 is 22.8 Å². The number of aliphatic imine (C=N–C) groups is 1. The van der Waals surface area contributed by atoms with Crippen LogP contribution in [0.25, 0.3) is 0 Å². The zero-order chi connectivity index (χ0) is 18.2. The zero-order valence-corrected chi connectivity index (χ0v) is 13.2. The SMILES string of the molecule is CC1(C(=O)Nc2cccc(C(F)(F)F)c2)CC(=O)N=C2C=CC=CN21. The molecule has 0 radical (unpaired) electrons. The third-order valence-electron chi connectivity index (χ3n) is 4.04. The van der Waals surface area contributed by atoms with Gasteiger partial charge in [-0.25, -0.2) is 0 Å². The van der Waals surface area contributed by atoms with E-state index in [1.54, 1.807) is 31.4 Å². The van der Waals surface area contributed by atoms with Crippen molar-refractivity contribution in [2.24, 2.45) is 4.99 Å². The highest BCUT2D eigenvalue weighted by molar-refractivity contribution is 6.11. The van der Waals surface area contributed by atoms with Gasteiger partial charge < -0.3 is 10.2 Å². The Morgan fingerprint density at radius 2 is 2.08 bits per heavy atom. The van der Waals surface area contributed by atoms with E-state index < -0.39 is 29.1 Å². The average Bonchev–Trinajstić information content (AvgIpc) is 2.54. The predicted octanol–water partition coefficient (Wildman–Crippen LogP) is 3.12. The largest absolute Gasteiger partial charge is 0.416 e. The van der Waals surface area contributed by atoms with E-state index >= 15 is 0 Å². The first-order valence-corrected chi connectivity index (χ1v) is 7.44. The summed E-state index contributed by atoms with van der Waals surface area (Å²) in [6.45, 7) is 1.55. The first-order chi connectivity index (χ1) is 11.7. The maximum absolute atomic E-state index is 12.8. The van der Waals surface area contributed by atoms with Gasteiger partial charge in [0.05, 0.1) is 12.0 Å². The molecule has 1 atom stereocenters. The van der Waals surface area contributed by atoms with Crippen LogP contribution in [-0.4, -0.2) is 28.1 Å².